The summed E-state index contributed by atoms with van der Waals surface area (Å²) in [6.45, 7) is 6.24. The Hall–Kier alpha value is -3.59. The molecule has 0 bridgehead atoms. The first-order valence-electron chi connectivity index (χ1n) is 9.77. The first-order chi connectivity index (χ1) is 14.7. The van der Waals surface area contributed by atoms with Gasteiger partial charge in [0.05, 0.1) is 12.7 Å². The number of aromatic nitrogens is 1. The zero-order valence-electron chi connectivity index (χ0n) is 17.7. The molecule has 0 fully saturated rings. The molecule has 9 nitrogen and oxygen atoms in total. The predicted octanol–water partition coefficient (Wildman–Crippen LogP) is 3.40. The van der Waals surface area contributed by atoms with Gasteiger partial charge in [-0.3, -0.25) is 4.79 Å². The third-order valence-electron chi connectivity index (χ3n) is 4.77. The molecule has 1 amide bonds. The van der Waals surface area contributed by atoms with E-state index in [1.54, 1.807) is 52.0 Å². The Kier molecular flexibility index (Phi) is 6.45. The molecule has 2 aromatic heterocycles. The van der Waals surface area contributed by atoms with Crippen LogP contribution in [0.15, 0.2) is 28.7 Å². The molecule has 0 saturated carbocycles. The van der Waals surface area contributed by atoms with Crippen molar-refractivity contribution in [3.05, 3.63) is 52.5 Å². The molecule has 1 atom stereocenters. The number of carbonyl (C=O) groups excluding carboxylic acids is 3. The van der Waals surface area contributed by atoms with Crippen molar-refractivity contribution in [1.29, 1.82) is 0 Å². The van der Waals surface area contributed by atoms with Crippen molar-refractivity contribution in [2.75, 3.05) is 18.5 Å². The number of hydrogen-bond acceptors (Lipinski definition) is 7. The standard InChI is InChI=1S/C22H24N2O7/c1-5-29-22(28)20-19(14-8-6-7-9-15(14)31-20)24-16(26)10-30-21(27)18-11(2)17(13(4)25)12(3)23-18/h6-9,13,23,25H,5,10H2,1-4H3,(H,24,26)/t13-/m1/s1. The summed E-state index contributed by atoms with van der Waals surface area (Å²) in [4.78, 5) is 40.0. The first kappa shape index (κ1) is 22.1. The molecule has 0 unspecified atom stereocenters. The van der Waals surface area contributed by atoms with Crippen LogP contribution in [-0.4, -0.2) is 41.2 Å². The number of aryl methyl sites for hydroxylation is 1. The van der Waals surface area contributed by atoms with Gasteiger partial charge < -0.3 is 29.3 Å². The third kappa shape index (κ3) is 4.46. The Morgan fingerprint density at radius 3 is 2.52 bits per heavy atom. The van der Waals surface area contributed by atoms with E-state index in [1.807, 2.05) is 0 Å². The van der Waals surface area contributed by atoms with E-state index in [0.29, 0.717) is 27.8 Å². The van der Waals surface area contributed by atoms with E-state index in [9.17, 15) is 19.5 Å². The lowest BCUT2D eigenvalue weighted by Gasteiger charge is -2.08. The van der Waals surface area contributed by atoms with Crippen LogP contribution in [0.5, 0.6) is 0 Å². The van der Waals surface area contributed by atoms with Crippen molar-refractivity contribution in [2.45, 2.75) is 33.8 Å². The highest BCUT2D eigenvalue weighted by Gasteiger charge is 2.25. The topological polar surface area (TPSA) is 131 Å². The van der Waals surface area contributed by atoms with Gasteiger partial charge in [0.25, 0.3) is 5.91 Å². The molecule has 3 aromatic rings. The summed E-state index contributed by atoms with van der Waals surface area (Å²) < 4.78 is 15.6. The number of furan rings is 1. The third-order valence-corrected chi connectivity index (χ3v) is 4.77. The molecular weight excluding hydrogens is 404 g/mol. The second-order valence-corrected chi connectivity index (χ2v) is 6.99. The Morgan fingerprint density at radius 2 is 1.87 bits per heavy atom. The van der Waals surface area contributed by atoms with Crippen molar-refractivity contribution in [2.24, 2.45) is 0 Å². The van der Waals surface area contributed by atoms with Gasteiger partial charge in [-0.25, -0.2) is 9.59 Å². The number of H-pyrrole nitrogens is 1. The first-order valence-corrected chi connectivity index (χ1v) is 9.77. The molecule has 3 N–H and O–H groups in total. The minimum atomic E-state index is -0.753. The van der Waals surface area contributed by atoms with Crippen LogP contribution in [0.2, 0.25) is 0 Å². The number of aliphatic hydroxyl groups excluding tert-OH is 1. The molecule has 0 radical (unpaired) electrons. The largest absolute Gasteiger partial charge is 0.460 e. The Bertz CT molecular complexity index is 1140. The van der Waals surface area contributed by atoms with Gasteiger partial charge in [-0.05, 0) is 45.4 Å². The van der Waals surface area contributed by atoms with Crippen LogP contribution in [-0.2, 0) is 14.3 Å². The molecule has 2 heterocycles. The van der Waals surface area contributed by atoms with Crippen molar-refractivity contribution in [3.63, 3.8) is 0 Å². The lowest BCUT2D eigenvalue weighted by Crippen LogP contribution is -2.22. The van der Waals surface area contributed by atoms with Crippen LogP contribution in [0.4, 0.5) is 5.69 Å². The number of nitrogens with one attached hydrogen (secondary N) is 2. The fraction of sp³-hybridized carbons (Fsp3) is 0.318. The van der Waals surface area contributed by atoms with E-state index in [2.05, 4.69) is 10.3 Å². The fourth-order valence-electron chi connectivity index (χ4n) is 3.48. The van der Waals surface area contributed by atoms with Gasteiger partial charge in [-0.2, -0.15) is 0 Å². The number of para-hydroxylation sites is 1. The maximum atomic E-state index is 12.5. The summed E-state index contributed by atoms with van der Waals surface area (Å²) in [5.41, 5.74) is 2.54. The molecule has 1 aromatic carbocycles. The van der Waals surface area contributed by atoms with Gasteiger partial charge >= 0.3 is 11.9 Å². The van der Waals surface area contributed by atoms with Gasteiger partial charge in [-0.15, -0.1) is 0 Å². The summed E-state index contributed by atoms with van der Waals surface area (Å²) in [6.07, 6.45) is -0.753. The summed E-state index contributed by atoms with van der Waals surface area (Å²) in [5.74, 6) is -2.23. The van der Waals surface area contributed by atoms with Gasteiger partial charge in [0.15, 0.2) is 6.61 Å². The number of benzene rings is 1. The predicted molar refractivity (Wildman–Crippen MR) is 112 cm³/mol. The number of fused-ring (bicyclic) bond motifs is 1. The number of ether oxygens (including phenoxy) is 2. The second-order valence-electron chi connectivity index (χ2n) is 6.99. The van der Waals surface area contributed by atoms with Crippen LogP contribution in [0.3, 0.4) is 0 Å². The zero-order valence-corrected chi connectivity index (χ0v) is 17.7. The quantitative estimate of drug-likeness (QED) is 0.492. The lowest BCUT2D eigenvalue weighted by molar-refractivity contribution is -0.119. The lowest BCUT2D eigenvalue weighted by atomic mass is 10.1. The summed E-state index contributed by atoms with van der Waals surface area (Å²) in [7, 11) is 0. The normalized spacial score (nSPS) is 11.9. The zero-order chi connectivity index (χ0) is 22.7. The summed E-state index contributed by atoms with van der Waals surface area (Å²) in [6, 6.07) is 6.81. The Labute approximate surface area is 178 Å². The molecule has 0 saturated heterocycles. The monoisotopic (exact) mass is 428 g/mol. The van der Waals surface area contributed by atoms with Crippen LogP contribution in [0, 0.1) is 13.8 Å². The van der Waals surface area contributed by atoms with Crippen LogP contribution < -0.4 is 5.32 Å². The number of esters is 2. The van der Waals surface area contributed by atoms with Crippen molar-refractivity contribution in [3.8, 4) is 0 Å². The van der Waals surface area contributed by atoms with E-state index >= 15 is 0 Å². The van der Waals surface area contributed by atoms with E-state index in [-0.39, 0.29) is 23.7 Å². The smallest absolute Gasteiger partial charge is 0.376 e. The molecule has 0 aliphatic heterocycles. The van der Waals surface area contributed by atoms with Crippen molar-refractivity contribution in [1.82, 2.24) is 4.98 Å². The average molecular weight is 428 g/mol. The maximum Gasteiger partial charge on any atom is 0.376 e. The van der Waals surface area contributed by atoms with Gasteiger partial charge in [-0.1, -0.05) is 12.1 Å². The molecule has 0 aliphatic rings. The number of hydrogen-bond donors (Lipinski definition) is 3. The van der Waals surface area contributed by atoms with Crippen molar-refractivity contribution >= 4 is 34.5 Å². The number of aliphatic hydroxyl groups is 1. The van der Waals surface area contributed by atoms with Gasteiger partial charge in [0.1, 0.15) is 17.0 Å². The Morgan fingerprint density at radius 1 is 1.16 bits per heavy atom. The number of anilines is 1. The second kappa shape index (κ2) is 9.05. The van der Waals surface area contributed by atoms with Crippen LogP contribution in [0.25, 0.3) is 11.0 Å². The molecule has 164 valence electrons. The SMILES string of the molecule is CCOC(=O)c1oc2ccccc2c1NC(=O)COC(=O)c1[nH]c(C)c([C@@H](C)O)c1C. The number of carbonyl (C=O) groups is 3. The fourth-order valence-corrected chi connectivity index (χ4v) is 3.48. The van der Waals surface area contributed by atoms with E-state index in [0.717, 1.165) is 0 Å². The number of amides is 1. The molecule has 0 spiro atoms. The van der Waals surface area contributed by atoms with Crippen molar-refractivity contribution < 1.29 is 33.4 Å². The van der Waals surface area contributed by atoms with E-state index < -0.39 is 30.6 Å². The van der Waals surface area contributed by atoms with Crippen LogP contribution in [0.1, 0.15) is 57.8 Å². The molecule has 3 rings (SSSR count). The highest BCUT2D eigenvalue weighted by Crippen LogP contribution is 2.31. The number of aromatic amines is 1. The average Bonchev–Trinajstić information content (AvgIpc) is 3.23. The molecule has 31 heavy (non-hydrogen) atoms. The maximum absolute atomic E-state index is 12.5. The van der Waals surface area contributed by atoms with E-state index in [1.165, 1.54) is 0 Å². The minimum Gasteiger partial charge on any atom is -0.460 e. The summed E-state index contributed by atoms with van der Waals surface area (Å²) in [5, 5.41) is 12.9. The minimum absolute atomic E-state index is 0.139. The highest BCUT2D eigenvalue weighted by atomic mass is 16.5. The van der Waals surface area contributed by atoms with Gasteiger partial charge in [0, 0.05) is 16.6 Å². The summed E-state index contributed by atoms with van der Waals surface area (Å²) >= 11 is 0. The molecule has 9 heteroatoms. The van der Waals surface area contributed by atoms with Crippen LogP contribution >= 0.6 is 0 Å². The highest BCUT2D eigenvalue weighted by molar-refractivity contribution is 6.10. The Balaban J connectivity index is 1.75. The number of rotatable bonds is 7. The molecule has 0 aliphatic carbocycles. The molecular formula is C22H24N2O7. The van der Waals surface area contributed by atoms with E-state index in [4.69, 9.17) is 13.9 Å². The van der Waals surface area contributed by atoms with Gasteiger partial charge in [0.2, 0.25) is 5.76 Å².